The van der Waals surface area contributed by atoms with Gasteiger partial charge in [0.05, 0.1) is 12.3 Å². The Kier molecular flexibility index (Phi) is 4.35. The molecule has 0 aliphatic carbocycles. The molecule has 1 rings (SSSR count). The van der Waals surface area contributed by atoms with Gasteiger partial charge in [-0.05, 0) is 19.1 Å². The maximum Gasteiger partial charge on any atom is 0.142 e. The molecule has 0 aliphatic heterocycles. The van der Waals surface area contributed by atoms with E-state index in [0.717, 1.165) is 11.4 Å². The Morgan fingerprint density at radius 2 is 2.36 bits per heavy atom. The quantitative estimate of drug-likeness (QED) is 0.762. The van der Waals surface area contributed by atoms with Crippen LogP contribution in [0, 0.1) is 0 Å². The van der Waals surface area contributed by atoms with E-state index >= 15 is 0 Å². The van der Waals surface area contributed by atoms with Crippen LogP contribution in [0.4, 0.5) is 0 Å². The lowest BCUT2D eigenvalue weighted by molar-refractivity contribution is 0.0911. The first kappa shape index (κ1) is 10.9. The molecule has 1 atom stereocenters. The van der Waals surface area contributed by atoms with Crippen molar-refractivity contribution in [1.29, 1.82) is 0 Å². The van der Waals surface area contributed by atoms with Crippen molar-refractivity contribution >= 4 is 0 Å². The summed E-state index contributed by atoms with van der Waals surface area (Å²) >= 11 is 0. The lowest BCUT2D eigenvalue weighted by Gasteiger charge is -2.15. The molecule has 1 unspecified atom stereocenters. The van der Waals surface area contributed by atoms with Crippen LogP contribution >= 0.6 is 0 Å². The lowest BCUT2D eigenvalue weighted by Crippen LogP contribution is -2.19. The van der Waals surface area contributed by atoms with Crippen LogP contribution in [0.25, 0.3) is 0 Å². The summed E-state index contributed by atoms with van der Waals surface area (Å²) < 4.78 is 10.6. The first-order chi connectivity index (χ1) is 6.77. The van der Waals surface area contributed by atoms with E-state index < -0.39 is 0 Å². The molecule has 1 aromatic heterocycles. The summed E-state index contributed by atoms with van der Waals surface area (Å²) in [6.07, 6.45) is 1.71. The van der Waals surface area contributed by atoms with Gasteiger partial charge in [-0.1, -0.05) is 0 Å². The van der Waals surface area contributed by atoms with E-state index in [1.54, 1.807) is 13.3 Å². The van der Waals surface area contributed by atoms with Crippen molar-refractivity contribution in [2.75, 3.05) is 13.7 Å². The van der Waals surface area contributed by atoms with E-state index in [4.69, 9.17) is 15.2 Å². The van der Waals surface area contributed by atoms with Crippen molar-refractivity contribution in [2.24, 2.45) is 5.73 Å². The second-order valence-corrected chi connectivity index (χ2v) is 3.04. The highest BCUT2D eigenvalue weighted by molar-refractivity contribution is 5.26. The third kappa shape index (κ3) is 2.97. The SMILES string of the molecule is COCC(C)Oc1cccnc1CN. The Morgan fingerprint density at radius 1 is 1.57 bits per heavy atom. The zero-order valence-corrected chi connectivity index (χ0v) is 8.56. The van der Waals surface area contributed by atoms with Crippen LogP contribution in [0.3, 0.4) is 0 Å². The van der Waals surface area contributed by atoms with Crippen molar-refractivity contribution in [2.45, 2.75) is 19.6 Å². The van der Waals surface area contributed by atoms with Gasteiger partial charge in [0.1, 0.15) is 11.9 Å². The molecule has 4 nitrogen and oxygen atoms in total. The number of pyridine rings is 1. The van der Waals surface area contributed by atoms with E-state index in [2.05, 4.69) is 4.98 Å². The minimum absolute atomic E-state index is 0.00880. The highest BCUT2D eigenvalue weighted by atomic mass is 16.5. The molecule has 0 aromatic carbocycles. The fourth-order valence-corrected chi connectivity index (χ4v) is 1.17. The molecular weight excluding hydrogens is 180 g/mol. The van der Waals surface area contributed by atoms with Gasteiger partial charge in [-0.3, -0.25) is 4.98 Å². The largest absolute Gasteiger partial charge is 0.486 e. The van der Waals surface area contributed by atoms with Crippen molar-refractivity contribution < 1.29 is 9.47 Å². The minimum Gasteiger partial charge on any atom is -0.486 e. The molecule has 0 saturated heterocycles. The molecule has 0 saturated carbocycles. The number of nitrogens with two attached hydrogens (primary N) is 1. The third-order valence-corrected chi connectivity index (χ3v) is 1.77. The van der Waals surface area contributed by atoms with Gasteiger partial charge in [-0.15, -0.1) is 0 Å². The number of hydrogen-bond donors (Lipinski definition) is 1. The van der Waals surface area contributed by atoms with Crippen molar-refractivity contribution in [1.82, 2.24) is 4.98 Å². The summed E-state index contributed by atoms with van der Waals surface area (Å²) in [7, 11) is 1.65. The van der Waals surface area contributed by atoms with Crippen LogP contribution in [0.15, 0.2) is 18.3 Å². The van der Waals surface area contributed by atoms with Gasteiger partial charge in [0.2, 0.25) is 0 Å². The molecular formula is C10H16N2O2. The Bertz CT molecular complexity index is 279. The van der Waals surface area contributed by atoms with Crippen molar-refractivity contribution in [3.63, 3.8) is 0 Å². The van der Waals surface area contributed by atoms with Gasteiger partial charge < -0.3 is 15.2 Å². The standard InChI is InChI=1S/C10H16N2O2/c1-8(7-13-2)14-10-4-3-5-12-9(10)6-11/h3-5,8H,6-7,11H2,1-2H3. The maximum absolute atomic E-state index is 5.61. The van der Waals surface area contributed by atoms with Gasteiger partial charge in [0.25, 0.3) is 0 Å². The third-order valence-electron chi connectivity index (χ3n) is 1.77. The summed E-state index contributed by atoms with van der Waals surface area (Å²) in [5, 5.41) is 0. The number of hydrogen-bond acceptors (Lipinski definition) is 4. The number of methoxy groups -OCH3 is 1. The predicted molar refractivity (Wildman–Crippen MR) is 54.1 cm³/mol. The van der Waals surface area contributed by atoms with E-state index in [1.807, 2.05) is 19.1 Å². The second-order valence-electron chi connectivity index (χ2n) is 3.04. The molecule has 0 bridgehead atoms. The zero-order valence-electron chi connectivity index (χ0n) is 8.56. The number of ether oxygens (including phenoxy) is 2. The van der Waals surface area contributed by atoms with Gasteiger partial charge in [0, 0.05) is 19.9 Å². The summed E-state index contributed by atoms with van der Waals surface area (Å²) in [5.74, 6) is 0.736. The molecule has 78 valence electrons. The van der Waals surface area contributed by atoms with Crippen LogP contribution in [0.2, 0.25) is 0 Å². The van der Waals surface area contributed by atoms with Crippen LogP contribution in [0.1, 0.15) is 12.6 Å². The lowest BCUT2D eigenvalue weighted by atomic mass is 10.3. The maximum atomic E-state index is 5.61. The average molecular weight is 196 g/mol. The van der Waals surface area contributed by atoms with Crippen LogP contribution < -0.4 is 10.5 Å². The number of nitrogens with zero attached hydrogens (tertiary/aromatic N) is 1. The van der Waals surface area contributed by atoms with Crippen LogP contribution in [0.5, 0.6) is 5.75 Å². The van der Waals surface area contributed by atoms with Crippen molar-refractivity contribution in [3.05, 3.63) is 24.0 Å². The van der Waals surface area contributed by atoms with Crippen LogP contribution in [-0.4, -0.2) is 24.8 Å². The van der Waals surface area contributed by atoms with Gasteiger partial charge in [-0.2, -0.15) is 0 Å². The minimum atomic E-state index is 0.00880. The topological polar surface area (TPSA) is 57.4 Å². The van der Waals surface area contributed by atoms with Crippen molar-refractivity contribution in [3.8, 4) is 5.75 Å². The highest BCUT2D eigenvalue weighted by Crippen LogP contribution is 2.16. The molecule has 0 amide bonds. The molecule has 2 N–H and O–H groups in total. The Balaban J connectivity index is 2.65. The molecule has 0 aliphatic rings. The van der Waals surface area contributed by atoms with E-state index in [1.165, 1.54) is 0 Å². The average Bonchev–Trinajstić information content (AvgIpc) is 2.19. The monoisotopic (exact) mass is 196 g/mol. The molecule has 1 heterocycles. The highest BCUT2D eigenvalue weighted by Gasteiger charge is 2.07. The first-order valence-electron chi connectivity index (χ1n) is 4.57. The van der Waals surface area contributed by atoms with E-state index in [9.17, 15) is 0 Å². The molecule has 0 spiro atoms. The van der Waals surface area contributed by atoms with E-state index in [-0.39, 0.29) is 6.10 Å². The molecule has 4 heteroatoms. The molecule has 0 radical (unpaired) electrons. The van der Waals surface area contributed by atoms with Gasteiger partial charge in [-0.25, -0.2) is 0 Å². The Morgan fingerprint density at radius 3 is 3.00 bits per heavy atom. The molecule has 1 aromatic rings. The van der Waals surface area contributed by atoms with Gasteiger partial charge >= 0.3 is 0 Å². The summed E-state index contributed by atoms with van der Waals surface area (Å²) in [6, 6.07) is 3.69. The van der Waals surface area contributed by atoms with Crippen LogP contribution in [-0.2, 0) is 11.3 Å². The number of aromatic nitrogens is 1. The summed E-state index contributed by atoms with van der Waals surface area (Å²) in [6.45, 7) is 2.88. The predicted octanol–water partition coefficient (Wildman–Crippen LogP) is 0.954. The zero-order chi connectivity index (χ0) is 10.4. The fourth-order valence-electron chi connectivity index (χ4n) is 1.17. The summed E-state index contributed by atoms with van der Waals surface area (Å²) in [5.41, 5.74) is 6.30. The van der Waals surface area contributed by atoms with E-state index in [0.29, 0.717) is 13.2 Å². The molecule has 14 heavy (non-hydrogen) atoms. The normalized spacial score (nSPS) is 12.5. The number of rotatable bonds is 5. The first-order valence-corrected chi connectivity index (χ1v) is 4.57. The molecule has 0 fully saturated rings. The summed E-state index contributed by atoms with van der Waals surface area (Å²) in [4.78, 5) is 4.12. The smallest absolute Gasteiger partial charge is 0.142 e. The Labute approximate surface area is 84.0 Å². The second kappa shape index (κ2) is 5.57. The van der Waals surface area contributed by atoms with Gasteiger partial charge in [0.15, 0.2) is 0 Å². The Hall–Kier alpha value is -1.13. The fraction of sp³-hybridized carbons (Fsp3) is 0.500.